The first kappa shape index (κ1) is 18.5. The number of ether oxygens (including phenoxy) is 1. The van der Waals surface area contributed by atoms with Crippen molar-refractivity contribution in [2.45, 2.75) is 50.5 Å². The molecule has 1 atom stereocenters. The summed E-state index contributed by atoms with van der Waals surface area (Å²) in [5, 5.41) is 3.28. The largest absolute Gasteiger partial charge is 0.379 e. The number of rotatable bonds is 6. The quantitative estimate of drug-likeness (QED) is 0.758. The van der Waals surface area contributed by atoms with Gasteiger partial charge in [0, 0.05) is 37.3 Å². The van der Waals surface area contributed by atoms with Crippen LogP contribution >= 0.6 is 11.8 Å². The van der Waals surface area contributed by atoms with E-state index in [-0.39, 0.29) is 16.9 Å². The molecule has 1 saturated carbocycles. The lowest BCUT2D eigenvalue weighted by Crippen LogP contribution is -2.59. The molecule has 0 bridgehead atoms. The number of hydrogen-bond donors (Lipinski definition) is 2. The SMILES string of the molecule is NCC1(CC(=O)NCC2(N3CCOCC3)CCSC2)CCCCC1. The first-order valence-electron chi connectivity index (χ1n) is 9.56. The number of nitrogens with two attached hydrogens (primary N) is 1. The lowest BCUT2D eigenvalue weighted by molar-refractivity contribution is -0.124. The Bertz CT molecular complexity index is 414. The molecule has 2 saturated heterocycles. The number of amides is 1. The molecule has 24 heavy (non-hydrogen) atoms. The van der Waals surface area contributed by atoms with Gasteiger partial charge in [0.05, 0.1) is 13.2 Å². The van der Waals surface area contributed by atoms with Gasteiger partial charge in [-0.25, -0.2) is 0 Å². The van der Waals surface area contributed by atoms with Crippen LogP contribution in [0.3, 0.4) is 0 Å². The van der Waals surface area contributed by atoms with Crippen LogP contribution in [0.5, 0.6) is 0 Å². The molecule has 3 aliphatic rings. The fourth-order valence-electron chi connectivity index (χ4n) is 4.56. The molecule has 1 unspecified atom stereocenters. The van der Waals surface area contributed by atoms with Gasteiger partial charge < -0.3 is 15.8 Å². The van der Waals surface area contributed by atoms with Crippen molar-refractivity contribution in [3.63, 3.8) is 0 Å². The van der Waals surface area contributed by atoms with E-state index in [0.717, 1.165) is 51.4 Å². The van der Waals surface area contributed by atoms with Gasteiger partial charge in [0.25, 0.3) is 0 Å². The van der Waals surface area contributed by atoms with E-state index in [1.807, 2.05) is 11.8 Å². The molecular weight excluding hydrogens is 322 g/mol. The standard InChI is InChI=1S/C18H33N3O2S/c19-13-17(4-2-1-3-5-17)12-16(22)20-14-18(6-11-24-15-18)21-7-9-23-10-8-21/h1-15,19H2,(H,20,22). The lowest BCUT2D eigenvalue weighted by atomic mass is 9.71. The van der Waals surface area contributed by atoms with Gasteiger partial charge >= 0.3 is 0 Å². The molecule has 5 nitrogen and oxygen atoms in total. The van der Waals surface area contributed by atoms with Crippen LogP contribution in [0.1, 0.15) is 44.9 Å². The molecule has 2 heterocycles. The number of morpholine rings is 1. The Morgan fingerprint density at radius 2 is 1.92 bits per heavy atom. The summed E-state index contributed by atoms with van der Waals surface area (Å²) < 4.78 is 5.51. The maximum atomic E-state index is 12.6. The van der Waals surface area contributed by atoms with Crippen molar-refractivity contribution >= 4 is 17.7 Å². The molecule has 3 fully saturated rings. The van der Waals surface area contributed by atoms with E-state index in [0.29, 0.717) is 13.0 Å². The van der Waals surface area contributed by atoms with Crippen LogP contribution in [0.25, 0.3) is 0 Å². The molecule has 0 aromatic carbocycles. The number of hydrogen-bond acceptors (Lipinski definition) is 5. The third-order valence-electron chi connectivity index (χ3n) is 6.26. The van der Waals surface area contributed by atoms with Crippen molar-refractivity contribution < 1.29 is 9.53 Å². The highest BCUT2D eigenvalue weighted by Crippen LogP contribution is 2.38. The van der Waals surface area contributed by atoms with Crippen LogP contribution < -0.4 is 11.1 Å². The molecule has 1 amide bonds. The van der Waals surface area contributed by atoms with Crippen molar-refractivity contribution in [1.29, 1.82) is 0 Å². The highest BCUT2D eigenvalue weighted by Gasteiger charge is 2.41. The van der Waals surface area contributed by atoms with E-state index in [9.17, 15) is 4.79 Å². The Kier molecular flexibility index (Phi) is 6.46. The number of nitrogens with one attached hydrogen (secondary N) is 1. The highest BCUT2D eigenvalue weighted by atomic mass is 32.2. The number of nitrogens with zero attached hydrogens (tertiary/aromatic N) is 1. The third kappa shape index (κ3) is 4.26. The summed E-state index contributed by atoms with van der Waals surface area (Å²) in [6.07, 6.45) is 7.73. The summed E-state index contributed by atoms with van der Waals surface area (Å²) in [6.45, 7) is 5.03. The van der Waals surface area contributed by atoms with E-state index in [1.54, 1.807) is 0 Å². The van der Waals surface area contributed by atoms with Gasteiger partial charge in [-0.15, -0.1) is 0 Å². The van der Waals surface area contributed by atoms with Crippen LogP contribution in [-0.4, -0.2) is 67.2 Å². The summed E-state index contributed by atoms with van der Waals surface area (Å²) in [5.74, 6) is 2.52. The zero-order chi connectivity index (χ0) is 16.9. The molecule has 0 spiro atoms. The van der Waals surface area contributed by atoms with Crippen LogP contribution in [0.15, 0.2) is 0 Å². The summed E-state index contributed by atoms with van der Waals surface area (Å²) in [4.78, 5) is 15.2. The predicted molar refractivity (Wildman–Crippen MR) is 99.3 cm³/mol. The summed E-state index contributed by atoms with van der Waals surface area (Å²) in [7, 11) is 0. The molecule has 0 aromatic heterocycles. The summed E-state index contributed by atoms with van der Waals surface area (Å²) in [6, 6.07) is 0. The predicted octanol–water partition coefficient (Wildman–Crippen LogP) is 1.61. The van der Waals surface area contributed by atoms with Crippen LogP contribution in [0.2, 0.25) is 0 Å². The number of carbonyl (C=O) groups is 1. The van der Waals surface area contributed by atoms with Gasteiger partial charge in [-0.3, -0.25) is 9.69 Å². The van der Waals surface area contributed by atoms with Gasteiger partial charge in [-0.1, -0.05) is 19.3 Å². The molecule has 3 rings (SSSR count). The minimum Gasteiger partial charge on any atom is -0.379 e. The smallest absolute Gasteiger partial charge is 0.220 e. The molecule has 138 valence electrons. The second-order valence-corrected chi connectivity index (χ2v) is 8.95. The topological polar surface area (TPSA) is 67.6 Å². The second-order valence-electron chi connectivity index (χ2n) is 7.84. The first-order valence-corrected chi connectivity index (χ1v) is 10.7. The van der Waals surface area contributed by atoms with Gasteiger partial charge in [0.1, 0.15) is 0 Å². The van der Waals surface area contributed by atoms with Gasteiger partial charge in [-0.05, 0) is 37.0 Å². The average Bonchev–Trinajstić information content (AvgIpc) is 3.12. The summed E-state index contributed by atoms with van der Waals surface area (Å²) in [5.41, 5.74) is 6.23. The van der Waals surface area contributed by atoms with Crippen molar-refractivity contribution in [3.8, 4) is 0 Å². The van der Waals surface area contributed by atoms with E-state index in [2.05, 4.69) is 10.2 Å². The average molecular weight is 356 g/mol. The van der Waals surface area contributed by atoms with Crippen LogP contribution in [0, 0.1) is 5.41 Å². The Morgan fingerprint density at radius 1 is 1.17 bits per heavy atom. The molecule has 6 heteroatoms. The molecule has 3 N–H and O–H groups in total. The van der Waals surface area contributed by atoms with Crippen LogP contribution in [-0.2, 0) is 9.53 Å². The van der Waals surface area contributed by atoms with E-state index >= 15 is 0 Å². The maximum absolute atomic E-state index is 12.6. The highest BCUT2D eigenvalue weighted by molar-refractivity contribution is 7.99. The molecule has 0 aromatic rings. The van der Waals surface area contributed by atoms with E-state index < -0.39 is 0 Å². The number of carbonyl (C=O) groups excluding carboxylic acids is 1. The molecule has 1 aliphatic carbocycles. The zero-order valence-corrected chi connectivity index (χ0v) is 15.7. The molecule has 0 radical (unpaired) electrons. The lowest BCUT2D eigenvalue weighted by Gasteiger charge is -2.43. The minimum absolute atomic E-state index is 0.0545. The van der Waals surface area contributed by atoms with Gasteiger partial charge in [0.15, 0.2) is 0 Å². The summed E-state index contributed by atoms with van der Waals surface area (Å²) >= 11 is 2.01. The second kappa shape index (κ2) is 8.39. The minimum atomic E-state index is 0.0545. The fourth-order valence-corrected chi connectivity index (χ4v) is 6.03. The fraction of sp³-hybridized carbons (Fsp3) is 0.944. The maximum Gasteiger partial charge on any atom is 0.220 e. The zero-order valence-electron chi connectivity index (χ0n) is 14.9. The van der Waals surface area contributed by atoms with Crippen molar-refractivity contribution in [1.82, 2.24) is 10.2 Å². The van der Waals surface area contributed by atoms with Crippen molar-refractivity contribution in [3.05, 3.63) is 0 Å². The monoisotopic (exact) mass is 355 g/mol. The Hall–Kier alpha value is -0.300. The van der Waals surface area contributed by atoms with E-state index in [1.165, 1.54) is 31.4 Å². The Labute approximate surface area is 150 Å². The molecule has 2 aliphatic heterocycles. The van der Waals surface area contributed by atoms with E-state index in [4.69, 9.17) is 10.5 Å². The van der Waals surface area contributed by atoms with Gasteiger partial charge in [-0.2, -0.15) is 11.8 Å². The van der Waals surface area contributed by atoms with Crippen molar-refractivity contribution in [2.75, 3.05) is 50.9 Å². The van der Waals surface area contributed by atoms with Gasteiger partial charge in [0.2, 0.25) is 5.91 Å². The number of thioether (sulfide) groups is 1. The Morgan fingerprint density at radius 3 is 2.54 bits per heavy atom. The third-order valence-corrected chi connectivity index (χ3v) is 7.50. The normalized spacial score (nSPS) is 31.0. The van der Waals surface area contributed by atoms with Crippen molar-refractivity contribution in [2.24, 2.45) is 11.1 Å². The molecular formula is C18H33N3O2S. The Balaban J connectivity index is 1.55. The van der Waals surface area contributed by atoms with Crippen LogP contribution in [0.4, 0.5) is 0 Å². The first-order chi connectivity index (χ1) is 11.7.